The van der Waals surface area contributed by atoms with Gasteiger partial charge in [0, 0.05) is 25.8 Å². The molecule has 2 amide bonds. The van der Waals surface area contributed by atoms with Crippen molar-refractivity contribution in [2.45, 2.75) is 32.8 Å². The number of halogens is 1. The van der Waals surface area contributed by atoms with Crippen molar-refractivity contribution in [3.8, 4) is 0 Å². The zero-order chi connectivity index (χ0) is 17.2. The molecule has 1 aromatic rings. The fourth-order valence-electron chi connectivity index (χ4n) is 2.52. The van der Waals surface area contributed by atoms with Crippen LogP contribution in [0.4, 0.5) is 14.9 Å². The van der Waals surface area contributed by atoms with Crippen molar-refractivity contribution in [2.75, 3.05) is 25.0 Å². The van der Waals surface area contributed by atoms with E-state index in [4.69, 9.17) is 4.74 Å². The molecule has 0 unspecified atom stereocenters. The minimum Gasteiger partial charge on any atom is -0.444 e. The third-order valence-corrected chi connectivity index (χ3v) is 3.73. The van der Waals surface area contributed by atoms with Crippen molar-refractivity contribution >= 4 is 17.7 Å². The Kier molecular flexibility index (Phi) is 4.92. The zero-order valence-corrected chi connectivity index (χ0v) is 14.0. The summed E-state index contributed by atoms with van der Waals surface area (Å²) in [6.07, 6.45) is 0.209. The quantitative estimate of drug-likeness (QED) is 0.841. The number of ether oxygens (including phenoxy) is 1. The van der Waals surface area contributed by atoms with Gasteiger partial charge in [-0.05, 0) is 51.5 Å². The Hall–Kier alpha value is -2.11. The van der Waals surface area contributed by atoms with E-state index in [0.29, 0.717) is 25.2 Å². The van der Waals surface area contributed by atoms with Crippen molar-refractivity contribution < 1.29 is 18.7 Å². The van der Waals surface area contributed by atoms with Crippen LogP contribution in [0.5, 0.6) is 0 Å². The van der Waals surface area contributed by atoms with Crippen LogP contribution in [-0.2, 0) is 9.53 Å². The third-order valence-electron chi connectivity index (χ3n) is 3.73. The van der Waals surface area contributed by atoms with Crippen molar-refractivity contribution in [2.24, 2.45) is 5.92 Å². The van der Waals surface area contributed by atoms with Gasteiger partial charge in [-0.25, -0.2) is 9.18 Å². The molecular weight excluding hydrogens is 299 g/mol. The minimum atomic E-state index is -0.552. The van der Waals surface area contributed by atoms with E-state index in [1.807, 2.05) is 20.8 Å². The highest BCUT2D eigenvalue weighted by Gasteiger charge is 2.34. The number of anilines is 1. The summed E-state index contributed by atoms with van der Waals surface area (Å²) < 4.78 is 18.3. The Balaban J connectivity index is 1.96. The second-order valence-electron chi connectivity index (χ2n) is 6.79. The van der Waals surface area contributed by atoms with Gasteiger partial charge in [-0.15, -0.1) is 0 Å². The van der Waals surface area contributed by atoms with E-state index in [1.54, 1.807) is 24.1 Å². The maximum absolute atomic E-state index is 13.0. The van der Waals surface area contributed by atoms with Crippen LogP contribution >= 0.6 is 0 Å². The number of hydrogen-bond acceptors (Lipinski definition) is 3. The lowest BCUT2D eigenvalue weighted by molar-refractivity contribution is -0.121. The molecule has 2 rings (SSSR count). The van der Waals surface area contributed by atoms with E-state index in [-0.39, 0.29) is 17.6 Å². The normalized spacial score (nSPS) is 18.0. The molecular formula is C17H23FN2O3. The first kappa shape index (κ1) is 17.2. The summed E-state index contributed by atoms with van der Waals surface area (Å²) in [6, 6.07) is 5.77. The number of rotatable bonds is 2. The van der Waals surface area contributed by atoms with Crippen molar-refractivity contribution in [1.29, 1.82) is 0 Å². The highest BCUT2D eigenvalue weighted by Crippen LogP contribution is 2.23. The Morgan fingerprint density at radius 2 is 1.87 bits per heavy atom. The van der Waals surface area contributed by atoms with Crippen LogP contribution in [-0.4, -0.2) is 42.6 Å². The van der Waals surface area contributed by atoms with E-state index in [1.165, 1.54) is 17.0 Å². The van der Waals surface area contributed by atoms with Gasteiger partial charge in [0.25, 0.3) is 0 Å². The standard InChI is InChI=1S/C17H23FN2O3/c1-17(2,3)23-16(22)20-10-9-12(11-20)15(21)19(4)14-7-5-13(18)6-8-14/h5-8,12H,9-11H2,1-4H3/t12-/m0/s1. The van der Waals surface area contributed by atoms with Crippen LogP contribution in [0.1, 0.15) is 27.2 Å². The summed E-state index contributed by atoms with van der Waals surface area (Å²) in [5.41, 5.74) is 0.0801. The molecule has 1 heterocycles. The monoisotopic (exact) mass is 322 g/mol. The maximum Gasteiger partial charge on any atom is 0.410 e. The van der Waals surface area contributed by atoms with E-state index >= 15 is 0 Å². The summed E-state index contributed by atoms with van der Waals surface area (Å²) in [4.78, 5) is 27.6. The SMILES string of the molecule is CN(C(=O)[C@H]1CCN(C(=O)OC(C)(C)C)C1)c1ccc(F)cc1. The minimum absolute atomic E-state index is 0.0809. The Bertz CT molecular complexity index is 580. The second-order valence-corrected chi connectivity index (χ2v) is 6.79. The average Bonchev–Trinajstić information content (AvgIpc) is 2.94. The lowest BCUT2D eigenvalue weighted by Gasteiger charge is -2.25. The van der Waals surface area contributed by atoms with Gasteiger partial charge in [-0.3, -0.25) is 4.79 Å². The largest absolute Gasteiger partial charge is 0.444 e. The number of benzene rings is 1. The maximum atomic E-state index is 13.0. The van der Waals surface area contributed by atoms with E-state index in [2.05, 4.69) is 0 Å². The number of hydrogen-bond donors (Lipinski definition) is 0. The number of carbonyl (C=O) groups is 2. The predicted octanol–water partition coefficient (Wildman–Crippen LogP) is 3.05. The van der Waals surface area contributed by atoms with Crippen LogP contribution in [0, 0.1) is 11.7 Å². The molecule has 0 bridgehead atoms. The Morgan fingerprint density at radius 1 is 1.26 bits per heavy atom. The molecule has 1 aliphatic rings. The molecule has 1 fully saturated rings. The molecule has 5 nitrogen and oxygen atoms in total. The van der Waals surface area contributed by atoms with Crippen LogP contribution < -0.4 is 4.90 Å². The summed E-state index contributed by atoms with van der Waals surface area (Å²) in [6.45, 7) is 6.28. The van der Waals surface area contributed by atoms with Gasteiger partial charge in [0.15, 0.2) is 0 Å². The molecule has 0 spiro atoms. The van der Waals surface area contributed by atoms with Gasteiger partial charge in [-0.2, -0.15) is 0 Å². The number of carbonyl (C=O) groups excluding carboxylic acids is 2. The Labute approximate surface area is 136 Å². The molecule has 0 aliphatic carbocycles. The van der Waals surface area contributed by atoms with Gasteiger partial charge in [0.1, 0.15) is 11.4 Å². The zero-order valence-electron chi connectivity index (χ0n) is 14.0. The van der Waals surface area contributed by atoms with Crippen molar-refractivity contribution in [3.63, 3.8) is 0 Å². The highest BCUT2D eigenvalue weighted by molar-refractivity contribution is 5.95. The van der Waals surface area contributed by atoms with Crippen LogP contribution in [0.2, 0.25) is 0 Å². The summed E-state index contributed by atoms with van der Waals surface area (Å²) in [7, 11) is 1.66. The third kappa shape index (κ3) is 4.43. The van der Waals surface area contributed by atoms with Crippen LogP contribution in [0.15, 0.2) is 24.3 Å². The smallest absolute Gasteiger partial charge is 0.410 e. The van der Waals surface area contributed by atoms with Gasteiger partial charge < -0.3 is 14.5 Å². The van der Waals surface area contributed by atoms with E-state index < -0.39 is 11.7 Å². The van der Waals surface area contributed by atoms with Gasteiger partial charge in [-0.1, -0.05) is 0 Å². The summed E-state index contributed by atoms with van der Waals surface area (Å²) >= 11 is 0. The first-order valence-corrected chi connectivity index (χ1v) is 7.68. The molecule has 1 saturated heterocycles. The van der Waals surface area contributed by atoms with Crippen molar-refractivity contribution in [1.82, 2.24) is 4.90 Å². The second kappa shape index (κ2) is 6.56. The molecule has 23 heavy (non-hydrogen) atoms. The number of nitrogens with zero attached hydrogens (tertiary/aromatic N) is 2. The molecule has 1 aliphatic heterocycles. The molecule has 126 valence electrons. The molecule has 0 radical (unpaired) electrons. The van der Waals surface area contributed by atoms with E-state index in [9.17, 15) is 14.0 Å². The number of likely N-dealkylation sites (tertiary alicyclic amines) is 1. The molecule has 6 heteroatoms. The molecule has 1 atom stereocenters. The lowest BCUT2D eigenvalue weighted by atomic mass is 10.1. The fraction of sp³-hybridized carbons (Fsp3) is 0.529. The number of amides is 2. The van der Waals surface area contributed by atoms with Crippen LogP contribution in [0.25, 0.3) is 0 Å². The fourth-order valence-corrected chi connectivity index (χ4v) is 2.52. The first-order valence-electron chi connectivity index (χ1n) is 7.68. The van der Waals surface area contributed by atoms with Crippen LogP contribution in [0.3, 0.4) is 0 Å². The predicted molar refractivity (Wildman–Crippen MR) is 85.7 cm³/mol. The average molecular weight is 322 g/mol. The van der Waals surface area contributed by atoms with Gasteiger partial charge >= 0.3 is 6.09 Å². The lowest BCUT2D eigenvalue weighted by Crippen LogP contribution is -2.38. The molecule has 0 N–H and O–H groups in total. The summed E-state index contributed by atoms with van der Waals surface area (Å²) in [5, 5.41) is 0. The molecule has 0 aromatic heterocycles. The van der Waals surface area contributed by atoms with Crippen molar-refractivity contribution in [3.05, 3.63) is 30.1 Å². The van der Waals surface area contributed by atoms with Gasteiger partial charge in [0.05, 0.1) is 5.92 Å². The molecule has 1 aromatic carbocycles. The molecule has 0 saturated carbocycles. The Morgan fingerprint density at radius 3 is 2.43 bits per heavy atom. The topological polar surface area (TPSA) is 49.9 Å². The van der Waals surface area contributed by atoms with Gasteiger partial charge in [0.2, 0.25) is 5.91 Å². The summed E-state index contributed by atoms with van der Waals surface area (Å²) in [5.74, 6) is -0.688. The van der Waals surface area contributed by atoms with E-state index in [0.717, 1.165) is 0 Å². The first-order chi connectivity index (χ1) is 10.7. The highest BCUT2D eigenvalue weighted by atomic mass is 19.1.